The Labute approximate surface area is 133 Å². The Bertz CT molecular complexity index is 422. The van der Waals surface area contributed by atoms with Crippen molar-refractivity contribution in [3.8, 4) is 0 Å². The van der Waals surface area contributed by atoms with Crippen molar-refractivity contribution in [2.45, 2.75) is 46.0 Å². The van der Waals surface area contributed by atoms with Gasteiger partial charge in [0, 0.05) is 27.7 Å². The summed E-state index contributed by atoms with van der Waals surface area (Å²) < 4.78 is 19.7. The number of carbonyl (C=O) groups excluding carboxylic acids is 4. The van der Waals surface area contributed by atoms with Gasteiger partial charge in [0.15, 0.2) is 18.3 Å². The summed E-state index contributed by atoms with van der Waals surface area (Å²) >= 11 is 5.72. The summed E-state index contributed by atoms with van der Waals surface area (Å²) in [5.41, 5.74) is 0. The van der Waals surface area contributed by atoms with Gasteiger partial charge in [-0.2, -0.15) is 0 Å². The third-order valence-corrected chi connectivity index (χ3v) is 2.58. The highest BCUT2D eigenvalue weighted by molar-refractivity contribution is 6.18. The van der Waals surface area contributed by atoms with Crippen molar-refractivity contribution in [1.29, 1.82) is 0 Å². The topological polar surface area (TPSA) is 105 Å². The lowest BCUT2D eigenvalue weighted by Crippen LogP contribution is -2.48. The molecule has 0 aliphatic carbocycles. The largest absolute Gasteiger partial charge is 0.462 e. The van der Waals surface area contributed by atoms with E-state index >= 15 is 0 Å². The van der Waals surface area contributed by atoms with Gasteiger partial charge in [-0.15, -0.1) is 11.6 Å². The molecule has 3 atom stereocenters. The second kappa shape index (κ2) is 9.99. The van der Waals surface area contributed by atoms with Crippen molar-refractivity contribution < 1.29 is 38.1 Å². The first-order valence-corrected chi connectivity index (χ1v) is 6.91. The van der Waals surface area contributed by atoms with Crippen molar-refractivity contribution in [3.05, 3.63) is 0 Å². The Kier molecular flexibility index (Phi) is 9.16. The smallest absolute Gasteiger partial charge is 0.303 e. The van der Waals surface area contributed by atoms with Crippen molar-refractivity contribution in [1.82, 2.24) is 0 Å². The number of halogens is 1. The summed E-state index contributed by atoms with van der Waals surface area (Å²) in [7, 11) is 0. The van der Waals surface area contributed by atoms with Crippen LogP contribution in [0.1, 0.15) is 27.7 Å². The lowest BCUT2D eigenvalue weighted by molar-refractivity contribution is -0.187. The van der Waals surface area contributed by atoms with Crippen LogP contribution in [0.3, 0.4) is 0 Å². The molecule has 22 heavy (non-hydrogen) atoms. The first-order valence-electron chi connectivity index (χ1n) is 6.38. The lowest BCUT2D eigenvalue weighted by Gasteiger charge is -2.30. The Hall–Kier alpha value is -1.83. The van der Waals surface area contributed by atoms with Gasteiger partial charge >= 0.3 is 23.9 Å². The van der Waals surface area contributed by atoms with Crippen LogP contribution in [0.2, 0.25) is 0 Å². The molecule has 0 heterocycles. The van der Waals surface area contributed by atoms with Crippen LogP contribution >= 0.6 is 11.6 Å². The molecule has 0 N–H and O–H groups in total. The highest BCUT2D eigenvalue weighted by atomic mass is 35.5. The summed E-state index contributed by atoms with van der Waals surface area (Å²) in [6.45, 7) is 4.20. The molecule has 0 aromatic heterocycles. The fraction of sp³-hybridized carbons (Fsp3) is 0.692. The number of carbonyl (C=O) groups is 4. The van der Waals surface area contributed by atoms with E-state index in [9.17, 15) is 19.2 Å². The zero-order valence-electron chi connectivity index (χ0n) is 12.8. The van der Waals surface area contributed by atoms with E-state index in [1.165, 1.54) is 0 Å². The quantitative estimate of drug-likeness (QED) is 0.359. The first-order chi connectivity index (χ1) is 10.2. The summed E-state index contributed by atoms with van der Waals surface area (Å²) in [5.74, 6) is -2.88. The molecule has 0 fully saturated rings. The van der Waals surface area contributed by atoms with Gasteiger partial charge in [-0.3, -0.25) is 19.2 Å². The van der Waals surface area contributed by atoms with Gasteiger partial charge in [-0.05, 0) is 0 Å². The highest BCUT2D eigenvalue weighted by Gasteiger charge is 2.37. The van der Waals surface area contributed by atoms with E-state index < -0.39 is 42.2 Å². The van der Waals surface area contributed by atoms with E-state index in [4.69, 9.17) is 30.5 Å². The molecular weight excluding hydrogens is 320 g/mol. The number of hydrogen-bond acceptors (Lipinski definition) is 8. The molecule has 0 aliphatic rings. The number of ether oxygens (including phenoxy) is 4. The molecular formula is C13H19ClO8. The minimum Gasteiger partial charge on any atom is -0.462 e. The maximum absolute atomic E-state index is 11.2. The number of esters is 4. The molecule has 0 aromatic carbocycles. The molecule has 0 radical (unpaired) electrons. The van der Waals surface area contributed by atoms with Crippen LogP contribution in [-0.4, -0.2) is 54.7 Å². The molecule has 126 valence electrons. The van der Waals surface area contributed by atoms with Crippen LogP contribution in [0.15, 0.2) is 0 Å². The van der Waals surface area contributed by atoms with E-state index in [1.54, 1.807) is 0 Å². The van der Waals surface area contributed by atoms with E-state index in [2.05, 4.69) is 0 Å². The SMILES string of the molecule is CC(=O)OC[C@@H](OC(C)=O)[C@@H](OC(C)=O)[C@@H](CCl)OC(C)=O. The molecule has 0 bridgehead atoms. The summed E-state index contributed by atoms with van der Waals surface area (Å²) in [6, 6.07) is 0. The van der Waals surface area contributed by atoms with Crippen molar-refractivity contribution >= 4 is 35.5 Å². The van der Waals surface area contributed by atoms with Crippen LogP contribution < -0.4 is 0 Å². The standard InChI is InChI=1S/C13H19ClO8/c1-7(15)19-6-12(21-9(3)17)13(22-10(4)18)11(5-14)20-8(2)16/h11-13H,5-6H2,1-4H3/t11-,12-,13+/m1/s1. The molecule has 0 unspecified atom stereocenters. The Morgan fingerprint density at radius 1 is 0.773 bits per heavy atom. The fourth-order valence-corrected chi connectivity index (χ4v) is 1.83. The average molecular weight is 339 g/mol. The van der Waals surface area contributed by atoms with Gasteiger partial charge in [0.2, 0.25) is 0 Å². The Morgan fingerprint density at radius 3 is 1.59 bits per heavy atom. The Morgan fingerprint density at radius 2 is 1.23 bits per heavy atom. The number of alkyl halides is 1. The van der Waals surface area contributed by atoms with Crippen LogP contribution in [0.25, 0.3) is 0 Å². The van der Waals surface area contributed by atoms with E-state index in [0.29, 0.717) is 0 Å². The minimum absolute atomic E-state index is 0.213. The molecule has 0 aliphatic heterocycles. The predicted octanol–water partition coefficient (Wildman–Crippen LogP) is 0.583. The lowest BCUT2D eigenvalue weighted by atomic mass is 10.1. The summed E-state index contributed by atoms with van der Waals surface area (Å²) in [5, 5.41) is 0. The molecule has 0 aromatic rings. The summed E-state index contributed by atoms with van der Waals surface area (Å²) in [4.78, 5) is 44.4. The van der Waals surface area contributed by atoms with Crippen LogP contribution in [-0.2, 0) is 38.1 Å². The third kappa shape index (κ3) is 8.46. The summed E-state index contributed by atoms with van der Waals surface area (Å²) in [6.07, 6.45) is -3.43. The average Bonchev–Trinajstić information content (AvgIpc) is 2.37. The van der Waals surface area contributed by atoms with Gasteiger partial charge in [0.1, 0.15) is 6.61 Å². The third-order valence-electron chi connectivity index (χ3n) is 2.27. The molecule has 0 rings (SSSR count). The zero-order valence-corrected chi connectivity index (χ0v) is 13.5. The van der Waals surface area contributed by atoms with Crippen LogP contribution in [0, 0.1) is 0 Å². The van der Waals surface area contributed by atoms with E-state index in [0.717, 1.165) is 27.7 Å². The molecule has 0 amide bonds. The molecule has 0 saturated heterocycles. The predicted molar refractivity (Wildman–Crippen MR) is 74.0 cm³/mol. The zero-order chi connectivity index (χ0) is 17.3. The fourth-order valence-electron chi connectivity index (χ4n) is 1.59. The van der Waals surface area contributed by atoms with Crippen molar-refractivity contribution in [3.63, 3.8) is 0 Å². The molecule has 0 saturated carbocycles. The maximum Gasteiger partial charge on any atom is 0.303 e. The van der Waals surface area contributed by atoms with Gasteiger partial charge in [0.25, 0.3) is 0 Å². The second-order valence-corrected chi connectivity index (χ2v) is 4.64. The van der Waals surface area contributed by atoms with Gasteiger partial charge < -0.3 is 18.9 Å². The minimum atomic E-state index is -1.21. The maximum atomic E-state index is 11.2. The van der Waals surface area contributed by atoms with Crippen LogP contribution in [0.4, 0.5) is 0 Å². The van der Waals surface area contributed by atoms with Crippen molar-refractivity contribution in [2.75, 3.05) is 12.5 Å². The van der Waals surface area contributed by atoms with Gasteiger partial charge in [-0.1, -0.05) is 0 Å². The molecule has 9 heteroatoms. The second-order valence-electron chi connectivity index (χ2n) is 4.33. The monoisotopic (exact) mass is 338 g/mol. The van der Waals surface area contributed by atoms with E-state index in [-0.39, 0.29) is 12.5 Å². The number of hydrogen-bond donors (Lipinski definition) is 0. The Balaban J connectivity index is 5.30. The number of rotatable bonds is 8. The molecule has 8 nitrogen and oxygen atoms in total. The highest BCUT2D eigenvalue weighted by Crippen LogP contribution is 2.16. The van der Waals surface area contributed by atoms with E-state index in [1.807, 2.05) is 0 Å². The first kappa shape index (κ1) is 20.2. The van der Waals surface area contributed by atoms with Crippen molar-refractivity contribution in [2.24, 2.45) is 0 Å². The molecule has 0 spiro atoms. The van der Waals surface area contributed by atoms with Gasteiger partial charge in [0.05, 0.1) is 5.88 Å². The normalized spacial score (nSPS) is 14.2. The van der Waals surface area contributed by atoms with Crippen LogP contribution in [0.5, 0.6) is 0 Å². The van der Waals surface area contributed by atoms with Gasteiger partial charge in [-0.25, -0.2) is 0 Å².